The van der Waals surface area contributed by atoms with Crippen LogP contribution in [0.25, 0.3) is 0 Å². The molecular formula is C12H12BrNO4. The van der Waals surface area contributed by atoms with Crippen molar-refractivity contribution in [2.45, 2.75) is 6.29 Å². The molecule has 18 heavy (non-hydrogen) atoms. The molecule has 0 bridgehead atoms. The minimum absolute atomic E-state index is 0.174. The first-order valence-electron chi connectivity index (χ1n) is 5.30. The van der Waals surface area contributed by atoms with Crippen molar-refractivity contribution in [3.05, 3.63) is 28.2 Å². The Morgan fingerprint density at radius 2 is 1.94 bits per heavy atom. The second-order valence-electron chi connectivity index (χ2n) is 3.78. The van der Waals surface area contributed by atoms with Crippen LogP contribution in [0.1, 0.15) is 10.4 Å². The number of para-hydroxylation sites is 1. The molecule has 0 fully saturated rings. The van der Waals surface area contributed by atoms with E-state index in [0.29, 0.717) is 15.7 Å². The molecular weight excluding hydrogens is 302 g/mol. The van der Waals surface area contributed by atoms with Crippen LogP contribution in [0, 0.1) is 0 Å². The van der Waals surface area contributed by atoms with Crippen molar-refractivity contribution in [2.75, 3.05) is 25.7 Å². The van der Waals surface area contributed by atoms with Gasteiger partial charge in [0.25, 0.3) is 11.7 Å². The molecule has 0 aromatic heterocycles. The van der Waals surface area contributed by atoms with E-state index >= 15 is 0 Å². The van der Waals surface area contributed by atoms with Gasteiger partial charge in [-0.25, -0.2) is 0 Å². The second-order valence-corrected chi connectivity index (χ2v) is 4.64. The summed E-state index contributed by atoms with van der Waals surface area (Å²) in [5, 5.41) is 0. The normalized spacial score (nSPS) is 14.6. The Bertz CT molecular complexity index is 499. The molecule has 96 valence electrons. The molecule has 0 spiro atoms. The highest BCUT2D eigenvalue weighted by molar-refractivity contribution is 9.10. The van der Waals surface area contributed by atoms with Crippen LogP contribution in [0.3, 0.4) is 0 Å². The summed E-state index contributed by atoms with van der Waals surface area (Å²) in [7, 11) is 2.97. The molecule has 1 aliphatic rings. The lowest BCUT2D eigenvalue weighted by Crippen LogP contribution is -2.38. The molecule has 0 saturated carbocycles. The van der Waals surface area contributed by atoms with Crippen LogP contribution in [-0.4, -0.2) is 38.7 Å². The molecule has 0 radical (unpaired) electrons. The Morgan fingerprint density at radius 1 is 1.28 bits per heavy atom. The lowest BCUT2D eigenvalue weighted by atomic mass is 10.1. The van der Waals surface area contributed by atoms with E-state index in [1.807, 2.05) is 0 Å². The molecule has 1 heterocycles. The van der Waals surface area contributed by atoms with E-state index in [-0.39, 0.29) is 6.54 Å². The lowest BCUT2D eigenvalue weighted by molar-refractivity contribution is -0.119. The number of hydrogen-bond acceptors (Lipinski definition) is 4. The average molecular weight is 314 g/mol. The zero-order valence-corrected chi connectivity index (χ0v) is 11.6. The third kappa shape index (κ3) is 2.07. The van der Waals surface area contributed by atoms with Crippen molar-refractivity contribution >= 4 is 33.3 Å². The topological polar surface area (TPSA) is 55.8 Å². The number of hydrogen-bond donors (Lipinski definition) is 0. The van der Waals surface area contributed by atoms with Gasteiger partial charge in [-0.05, 0) is 28.1 Å². The first kappa shape index (κ1) is 13.2. The van der Waals surface area contributed by atoms with Crippen molar-refractivity contribution in [3.8, 4) is 0 Å². The summed E-state index contributed by atoms with van der Waals surface area (Å²) in [6.45, 7) is 0.174. The minimum Gasteiger partial charge on any atom is -0.354 e. The number of amides is 1. The summed E-state index contributed by atoms with van der Waals surface area (Å²) in [5.41, 5.74) is 0.979. The van der Waals surface area contributed by atoms with Gasteiger partial charge in [0.1, 0.15) is 0 Å². The summed E-state index contributed by atoms with van der Waals surface area (Å²) in [5.74, 6) is -1.06. The second kappa shape index (κ2) is 5.17. The monoisotopic (exact) mass is 313 g/mol. The van der Waals surface area contributed by atoms with Gasteiger partial charge in [-0.15, -0.1) is 0 Å². The van der Waals surface area contributed by atoms with Crippen LogP contribution in [0.2, 0.25) is 0 Å². The van der Waals surface area contributed by atoms with Crippen LogP contribution in [-0.2, 0) is 14.3 Å². The molecule has 6 heteroatoms. The van der Waals surface area contributed by atoms with Gasteiger partial charge in [-0.1, -0.05) is 6.07 Å². The van der Waals surface area contributed by atoms with E-state index in [0.717, 1.165) is 0 Å². The summed E-state index contributed by atoms with van der Waals surface area (Å²) in [6.07, 6.45) is -0.570. The molecule has 0 atom stereocenters. The number of carbonyl (C=O) groups is 2. The zero-order chi connectivity index (χ0) is 13.3. The van der Waals surface area contributed by atoms with E-state index < -0.39 is 18.0 Å². The Balaban J connectivity index is 2.39. The lowest BCUT2D eigenvalue weighted by Gasteiger charge is -2.22. The Kier molecular flexibility index (Phi) is 3.79. The molecule has 1 aliphatic heterocycles. The zero-order valence-electron chi connectivity index (χ0n) is 9.97. The number of rotatable bonds is 4. The third-order valence-electron chi connectivity index (χ3n) is 2.80. The van der Waals surface area contributed by atoms with Crippen molar-refractivity contribution in [3.63, 3.8) is 0 Å². The van der Waals surface area contributed by atoms with Gasteiger partial charge in [0, 0.05) is 18.7 Å². The van der Waals surface area contributed by atoms with Crippen molar-refractivity contribution < 1.29 is 19.1 Å². The minimum atomic E-state index is -0.570. The first-order chi connectivity index (χ1) is 8.60. The number of ketones is 1. The first-order valence-corrected chi connectivity index (χ1v) is 6.09. The molecule has 0 saturated heterocycles. The number of benzene rings is 1. The van der Waals surface area contributed by atoms with Crippen LogP contribution in [0.4, 0.5) is 5.69 Å². The SMILES string of the molecule is COC(CN1C(=O)C(=O)c2cccc(Br)c21)OC. The molecule has 1 aromatic carbocycles. The van der Waals surface area contributed by atoms with Crippen LogP contribution in [0.5, 0.6) is 0 Å². The Morgan fingerprint density at radius 3 is 2.56 bits per heavy atom. The van der Waals surface area contributed by atoms with Gasteiger partial charge in [0.15, 0.2) is 6.29 Å². The van der Waals surface area contributed by atoms with Gasteiger partial charge >= 0.3 is 0 Å². The summed E-state index contributed by atoms with van der Waals surface area (Å²) in [4.78, 5) is 25.1. The maximum Gasteiger partial charge on any atom is 0.299 e. The maximum atomic E-state index is 11.9. The predicted octanol–water partition coefficient (Wildman–Crippen LogP) is 1.60. The quantitative estimate of drug-likeness (QED) is 0.626. The number of ether oxygens (including phenoxy) is 2. The molecule has 0 unspecified atom stereocenters. The number of halogens is 1. The van der Waals surface area contributed by atoms with Gasteiger partial charge in [-0.2, -0.15) is 0 Å². The predicted molar refractivity (Wildman–Crippen MR) is 68.6 cm³/mol. The van der Waals surface area contributed by atoms with Crippen LogP contribution in [0.15, 0.2) is 22.7 Å². The number of methoxy groups -OCH3 is 2. The van der Waals surface area contributed by atoms with Gasteiger partial charge in [-0.3, -0.25) is 14.5 Å². The number of carbonyl (C=O) groups excluding carboxylic acids is 2. The van der Waals surface area contributed by atoms with Crippen molar-refractivity contribution in [1.29, 1.82) is 0 Å². The van der Waals surface area contributed by atoms with E-state index in [9.17, 15) is 9.59 Å². The van der Waals surface area contributed by atoms with Gasteiger partial charge in [0.05, 0.1) is 17.8 Å². The molecule has 0 aliphatic carbocycles. The van der Waals surface area contributed by atoms with Gasteiger partial charge < -0.3 is 9.47 Å². The van der Waals surface area contributed by atoms with Crippen molar-refractivity contribution in [1.82, 2.24) is 0 Å². The fraction of sp³-hybridized carbons (Fsp3) is 0.333. The molecule has 5 nitrogen and oxygen atoms in total. The third-order valence-corrected chi connectivity index (χ3v) is 3.44. The van der Waals surface area contributed by atoms with Crippen molar-refractivity contribution in [2.24, 2.45) is 0 Å². The number of Topliss-reactive ketones (excluding diaryl/α,β-unsaturated/α-hetero) is 1. The number of fused-ring (bicyclic) bond motifs is 1. The highest BCUT2D eigenvalue weighted by Crippen LogP contribution is 2.36. The van der Waals surface area contributed by atoms with Gasteiger partial charge in [0.2, 0.25) is 0 Å². The molecule has 0 N–H and O–H groups in total. The Labute approximate surface area is 113 Å². The summed E-state index contributed by atoms with van der Waals surface area (Å²) < 4.78 is 10.8. The largest absolute Gasteiger partial charge is 0.354 e. The molecule has 2 rings (SSSR count). The smallest absolute Gasteiger partial charge is 0.299 e. The summed E-state index contributed by atoms with van der Waals surface area (Å²) >= 11 is 3.35. The number of nitrogens with zero attached hydrogens (tertiary/aromatic N) is 1. The average Bonchev–Trinajstić information content (AvgIpc) is 2.62. The standard InChI is InChI=1S/C12H12BrNO4/c1-17-9(18-2)6-14-10-7(11(15)12(14)16)4-3-5-8(10)13/h3-5,9H,6H2,1-2H3. The summed E-state index contributed by atoms with van der Waals surface area (Å²) in [6, 6.07) is 5.14. The molecule has 1 aromatic rings. The fourth-order valence-electron chi connectivity index (χ4n) is 1.88. The maximum absolute atomic E-state index is 11.9. The van der Waals surface area contributed by atoms with Crippen LogP contribution < -0.4 is 4.90 Å². The van der Waals surface area contributed by atoms with E-state index in [2.05, 4.69) is 15.9 Å². The number of anilines is 1. The van der Waals surface area contributed by atoms with E-state index in [1.165, 1.54) is 19.1 Å². The highest BCUT2D eigenvalue weighted by Gasteiger charge is 2.38. The van der Waals surface area contributed by atoms with E-state index in [4.69, 9.17) is 9.47 Å². The van der Waals surface area contributed by atoms with Crippen LogP contribution >= 0.6 is 15.9 Å². The Hall–Kier alpha value is -1.24. The molecule has 1 amide bonds. The highest BCUT2D eigenvalue weighted by atomic mass is 79.9. The fourth-order valence-corrected chi connectivity index (χ4v) is 2.46. The van der Waals surface area contributed by atoms with E-state index in [1.54, 1.807) is 18.2 Å².